The van der Waals surface area contributed by atoms with Gasteiger partial charge in [0.25, 0.3) is 0 Å². The Kier molecular flexibility index (Phi) is 7.11. The summed E-state index contributed by atoms with van der Waals surface area (Å²) >= 11 is 0. The first-order chi connectivity index (χ1) is 7.76. The zero-order valence-electron chi connectivity index (χ0n) is 11.6. The van der Waals surface area contributed by atoms with Gasteiger partial charge in [-0.3, -0.25) is 0 Å². The molecule has 16 heavy (non-hydrogen) atoms. The largest absolute Gasteiger partial charge is 0.316 e. The summed E-state index contributed by atoms with van der Waals surface area (Å²) in [6.07, 6.45) is 9.96. The average Bonchev–Trinajstić information content (AvgIpc) is 2.32. The van der Waals surface area contributed by atoms with E-state index >= 15 is 0 Å². The molecular weight excluding hydrogens is 194 g/mol. The summed E-state index contributed by atoms with van der Waals surface area (Å²) in [5, 5.41) is 3.65. The van der Waals surface area contributed by atoms with Gasteiger partial charge >= 0.3 is 0 Å². The van der Waals surface area contributed by atoms with E-state index in [2.05, 4.69) is 26.1 Å². The van der Waals surface area contributed by atoms with E-state index in [1.165, 1.54) is 58.0 Å². The second-order valence-corrected chi connectivity index (χ2v) is 5.80. The molecule has 0 spiro atoms. The summed E-state index contributed by atoms with van der Waals surface area (Å²) in [5.74, 6) is 2.91. The lowest BCUT2D eigenvalue weighted by Gasteiger charge is -2.26. The fourth-order valence-electron chi connectivity index (χ4n) is 2.81. The predicted molar refractivity (Wildman–Crippen MR) is 72.7 cm³/mol. The third-order valence-corrected chi connectivity index (χ3v) is 4.45. The van der Waals surface area contributed by atoms with Gasteiger partial charge in [-0.2, -0.15) is 0 Å². The van der Waals surface area contributed by atoms with Crippen molar-refractivity contribution >= 4 is 0 Å². The highest BCUT2D eigenvalue weighted by atomic mass is 14.9. The van der Waals surface area contributed by atoms with Gasteiger partial charge in [-0.25, -0.2) is 0 Å². The van der Waals surface area contributed by atoms with Crippen molar-refractivity contribution in [3.63, 3.8) is 0 Å². The molecule has 1 fully saturated rings. The molecule has 1 N–H and O–H groups in total. The van der Waals surface area contributed by atoms with Crippen LogP contribution < -0.4 is 5.32 Å². The van der Waals surface area contributed by atoms with Crippen molar-refractivity contribution in [3.8, 4) is 0 Å². The van der Waals surface area contributed by atoms with Gasteiger partial charge in [0, 0.05) is 0 Å². The Balaban J connectivity index is 1.98. The van der Waals surface area contributed by atoms with E-state index in [-0.39, 0.29) is 0 Å². The molecular formula is C15H31N. The number of rotatable bonds is 7. The first-order valence-electron chi connectivity index (χ1n) is 7.46. The topological polar surface area (TPSA) is 12.0 Å². The minimum Gasteiger partial charge on any atom is -0.316 e. The van der Waals surface area contributed by atoms with Crippen molar-refractivity contribution < 1.29 is 0 Å². The highest BCUT2D eigenvalue weighted by Gasteiger charge is 2.17. The van der Waals surface area contributed by atoms with Crippen LogP contribution in [-0.2, 0) is 0 Å². The maximum absolute atomic E-state index is 3.65. The smallest absolute Gasteiger partial charge is 0.00207 e. The van der Waals surface area contributed by atoms with Crippen LogP contribution in [-0.4, -0.2) is 13.1 Å². The van der Waals surface area contributed by atoms with Gasteiger partial charge in [0.15, 0.2) is 0 Å². The Morgan fingerprint density at radius 1 is 1.06 bits per heavy atom. The fraction of sp³-hybridized carbons (Fsp3) is 1.00. The normalized spacial score (nSPS) is 26.2. The van der Waals surface area contributed by atoms with Crippen molar-refractivity contribution in [2.24, 2.45) is 17.8 Å². The quantitative estimate of drug-likeness (QED) is 0.639. The molecule has 0 aromatic rings. The number of nitrogens with one attached hydrogen (secondary N) is 1. The first kappa shape index (κ1) is 14.0. The van der Waals surface area contributed by atoms with E-state index in [0.29, 0.717) is 0 Å². The zero-order valence-corrected chi connectivity index (χ0v) is 11.6. The van der Waals surface area contributed by atoms with Gasteiger partial charge in [-0.1, -0.05) is 59.3 Å². The molecule has 0 heterocycles. The van der Waals surface area contributed by atoms with E-state index in [1.807, 2.05) is 0 Å². The van der Waals surface area contributed by atoms with E-state index in [4.69, 9.17) is 0 Å². The Morgan fingerprint density at radius 3 is 2.25 bits per heavy atom. The van der Waals surface area contributed by atoms with Crippen LogP contribution in [0, 0.1) is 17.8 Å². The molecule has 96 valence electrons. The van der Waals surface area contributed by atoms with Gasteiger partial charge in [0.1, 0.15) is 0 Å². The van der Waals surface area contributed by atoms with E-state index in [0.717, 1.165) is 17.8 Å². The molecule has 1 rings (SSSR count). The summed E-state index contributed by atoms with van der Waals surface area (Å²) in [6, 6.07) is 0. The molecule has 1 aliphatic carbocycles. The van der Waals surface area contributed by atoms with Gasteiger partial charge in [-0.15, -0.1) is 0 Å². The maximum Gasteiger partial charge on any atom is -0.00207 e. The number of hydrogen-bond donors (Lipinski definition) is 1. The van der Waals surface area contributed by atoms with Crippen LogP contribution in [0.25, 0.3) is 0 Å². The average molecular weight is 225 g/mol. The molecule has 0 amide bonds. The molecule has 0 atom stereocenters. The SMILES string of the molecule is CCC(CC)CNCCC1CCC(C)CC1. The summed E-state index contributed by atoms with van der Waals surface area (Å²) in [6.45, 7) is 9.49. The Bertz CT molecular complexity index is 155. The molecule has 0 aromatic heterocycles. The molecule has 0 saturated heterocycles. The zero-order chi connectivity index (χ0) is 11.8. The lowest BCUT2D eigenvalue weighted by molar-refractivity contribution is 0.273. The van der Waals surface area contributed by atoms with Crippen molar-refractivity contribution in [2.45, 2.75) is 65.7 Å². The highest BCUT2D eigenvalue weighted by Crippen LogP contribution is 2.29. The Morgan fingerprint density at radius 2 is 1.69 bits per heavy atom. The van der Waals surface area contributed by atoms with Crippen molar-refractivity contribution in [2.75, 3.05) is 13.1 Å². The van der Waals surface area contributed by atoms with Crippen LogP contribution in [0.2, 0.25) is 0 Å². The third-order valence-electron chi connectivity index (χ3n) is 4.45. The third kappa shape index (κ3) is 5.34. The molecule has 0 radical (unpaired) electrons. The van der Waals surface area contributed by atoms with Crippen LogP contribution in [0.5, 0.6) is 0 Å². The minimum absolute atomic E-state index is 0.895. The predicted octanol–water partition coefficient (Wildman–Crippen LogP) is 4.23. The Labute approximate surface area is 102 Å². The van der Waals surface area contributed by atoms with E-state index in [1.54, 1.807) is 0 Å². The molecule has 0 unspecified atom stereocenters. The second kappa shape index (κ2) is 8.11. The second-order valence-electron chi connectivity index (χ2n) is 5.80. The highest BCUT2D eigenvalue weighted by molar-refractivity contribution is 4.71. The van der Waals surface area contributed by atoms with Gasteiger partial charge in [0.2, 0.25) is 0 Å². The van der Waals surface area contributed by atoms with Crippen LogP contribution in [0.15, 0.2) is 0 Å². The lowest BCUT2D eigenvalue weighted by atomic mass is 9.81. The lowest BCUT2D eigenvalue weighted by Crippen LogP contribution is -2.25. The summed E-state index contributed by atoms with van der Waals surface area (Å²) in [7, 11) is 0. The molecule has 1 saturated carbocycles. The first-order valence-corrected chi connectivity index (χ1v) is 7.46. The Hall–Kier alpha value is -0.0400. The fourth-order valence-corrected chi connectivity index (χ4v) is 2.81. The minimum atomic E-state index is 0.895. The van der Waals surface area contributed by atoms with Crippen LogP contribution >= 0.6 is 0 Å². The molecule has 1 nitrogen and oxygen atoms in total. The van der Waals surface area contributed by atoms with Crippen LogP contribution in [0.4, 0.5) is 0 Å². The van der Waals surface area contributed by atoms with E-state index in [9.17, 15) is 0 Å². The molecule has 1 aliphatic rings. The van der Waals surface area contributed by atoms with Crippen LogP contribution in [0.1, 0.15) is 65.7 Å². The van der Waals surface area contributed by atoms with E-state index < -0.39 is 0 Å². The van der Waals surface area contributed by atoms with Gasteiger partial charge in [0.05, 0.1) is 0 Å². The number of hydrogen-bond acceptors (Lipinski definition) is 1. The van der Waals surface area contributed by atoms with Crippen molar-refractivity contribution in [1.29, 1.82) is 0 Å². The maximum atomic E-state index is 3.65. The standard InChI is InChI=1S/C15H31N/c1-4-14(5-2)12-16-11-10-15-8-6-13(3)7-9-15/h13-16H,4-12H2,1-3H3. The molecule has 0 aromatic carbocycles. The monoisotopic (exact) mass is 225 g/mol. The molecule has 0 bridgehead atoms. The van der Waals surface area contributed by atoms with Gasteiger partial charge < -0.3 is 5.32 Å². The van der Waals surface area contributed by atoms with Crippen molar-refractivity contribution in [3.05, 3.63) is 0 Å². The molecule has 0 aliphatic heterocycles. The summed E-state index contributed by atoms with van der Waals surface area (Å²) in [5.41, 5.74) is 0. The van der Waals surface area contributed by atoms with Crippen molar-refractivity contribution in [1.82, 2.24) is 5.32 Å². The molecule has 1 heteroatoms. The summed E-state index contributed by atoms with van der Waals surface area (Å²) in [4.78, 5) is 0. The van der Waals surface area contributed by atoms with Gasteiger partial charge in [-0.05, 0) is 37.3 Å². The summed E-state index contributed by atoms with van der Waals surface area (Å²) < 4.78 is 0. The van der Waals surface area contributed by atoms with Crippen LogP contribution in [0.3, 0.4) is 0 Å².